The fourth-order valence-corrected chi connectivity index (χ4v) is 3.13. The van der Waals surface area contributed by atoms with Gasteiger partial charge in [-0.1, -0.05) is 45.9 Å². The van der Waals surface area contributed by atoms with Crippen LogP contribution in [0.25, 0.3) is 0 Å². The molecule has 0 aromatic heterocycles. The average Bonchev–Trinajstić information content (AvgIpc) is 2.41. The SMILES string of the molecule is Cc1cccc(C(CC(C)C)C(=O)O)c1C(CC(C)C)C(=O)O. The minimum Gasteiger partial charge on any atom is -0.481 e. The van der Waals surface area contributed by atoms with Crippen LogP contribution in [-0.2, 0) is 9.59 Å². The molecule has 0 saturated carbocycles. The van der Waals surface area contributed by atoms with E-state index in [4.69, 9.17) is 0 Å². The number of aliphatic carboxylic acids is 2. The number of carbonyl (C=O) groups is 2. The van der Waals surface area contributed by atoms with E-state index in [0.29, 0.717) is 24.0 Å². The number of hydrogen-bond donors (Lipinski definition) is 2. The Balaban J connectivity index is 3.46. The molecule has 2 N–H and O–H groups in total. The number of rotatable bonds is 8. The summed E-state index contributed by atoms with van der Waals surface area (Å²) in [7, 11) is 0. The highest BCUT2D eigenvalue weighted by atomic mass is 16.4. The second-order valence-corrected chi connectivity index (χ2v) is 7.12. The van der Waals surface area contributed by atoms with Crippen molar-refractivity contribution in [3.05, 3.63) is 34.9 Å². The third-order valence-corrected chi connectivity index (χ3v) is 4.09. The molecule has 2 unspecified atom stereocenters. The molecule has 0 saturated heterocycles. The van der Waals surface area contributed by atoms with Gasteiger partial charge in [0, 0.05) is 0 Å². The second-order valence-electron chi connectivity index (χ2n) is 7.12. The molecule has 0 spiro atoms. The quantitative estimate of drug-likeness (QED) is 0.743. The summed E-state index contributed by atoms with van der Waals surface area (Å²) in [6.07, 6.45) is 1.00. The molecule has 0 aliphatic carbocycles. The van der Waals surface area contributed by atoms with Gasteiger partial charge in [-0.25, -0.2) is 0 Å². The summed E-state index contributed by atoms with van der Waals surface area (Å²) in [4.78, 5) is 23.6. The van der Waals surface area contributed by atoms with Crippen molar-refractivity contribution in [1.29, 1.82) is 0 Å². The van der Waals surface area contributed by atoms with Gasteiger partial charge in [0.05, 0.1) is 11.8 Å². The zero-order valence-corrected chi connectivity index (χ0v) is 14.7. The molecule has 0 heterocycles. The number of aryl methyl sites for hydroxylation is 1. The molecule has 0 fully saturated rings. The fraction of sp³-hybridized carbons (Fsp3) is 0.579. The van der Waals surface area contributed by atoms with Gasteiger partial charge in [0.2, 0.25) is 0 Å². The molecule has 0 aliphatic rings. The van der Waals surface area contributed by atoms with Gasteiger partial charge in [-0.05, 0) is 48.3 Å². The summed E-state index contributed by atoms with van der Waals surface area (Å²) in [5.41, 5.74) is 2.19. The summed E-state index contributed by atoms with van der Waals surface area (Å²) in [6.45, 7) is 9.79. The monoisotopic (exact) mass is 320 g/mol. The van der Waals surface area contributed by atoms with Crippen molar-refractivity contribution in [1.82, 2.24) is 0 Å². The smallest absolute Gasteiger partial charge is 0.311 e. The van der Waals surface area contributed by atoms with Gasteiger partial charge in [-0.15, -0.1) is 0 Å². The Kier molecular flexibility index (Phi) is 6.79. The van der Waals surface area contributed by atoms with E-state index in [9.17, 15) is 19.8 Å². The minimum atomic E-state index is -0.890. The fourth-order valence-electron chi connectivity index (χ4n) is 3.13. The van der Waals surface area contributed by atoms with E-state index in [-0.39, 0.29) is 11.8 Å². The standard InChI is InChI=1S/C19H28O4/c1-11(2)9-15(18(20)21)14-8-6-7-13(5)17(14)16(19(22)23)10-12(3)4/h6-8,11-12,15-16H,9-10H2,1-5H3,(H,20,21)(H,22,23). The second kappa shape index (κ2) is 8.14. The highest BCUT2D eigenvalue weighted by molar-refractivity contribution is 5.81. The molecular formula is C19H28O4. The molecule has 1 aromatic carbocycles. The molecule has 23 heavy (non-hydrogen) atoms. The van der Waals surface area contributed by atoms with Gasteiger partial charge in [-0.3, -0.25) is 9.59 Å². The maximum atomic E-state index is 11.8. The zero-order chi connectivity index (χ0) is 17.7. The third kappa shape index (κ3) is 5.08. The van der Waals surface area contributed by atoms with Gasteiger partial charge in [0.1, 0.15) is 0 Å². The van der Waals surface area contributed by atoms with E-state index < -0.39 is 23.8 Å². The molecule has 0 bridgehead atoms. The summed E-state index contributed by atoms with van der Waals surface area (Å²) in [6, 6.07) is 5.46. The molecule has 4 nitrogen and oxygen atoms in total. The Hall–Kier alpha value is -1.84. The predicted molar refractivity (Wildman–Crippen MR) is 90.8 cm³/mol. The number of carboxylic acids is 2. The van der Waals surface area contributed by atoms with Crippen molar-refractivity contribution >= 4 is 11.9 Å². The van der Waals surface area contributed by atoms with Crippen LogP contribution < -0.4 is 0 Å². The first-order valence-corrected chi connectivity index (χ1v) is 8.20. The van der Waals surface area contributed by atoms with Gasteiger partial charge in [-0.2, -0.15) is 0 Å². The van der Waals surface area contributed by atoms with E-state index in [1.54, 1.807) is 6.07 Å². The lowest BCUT2D eigenvalue weighted by Crippen LogP contribution is -2.22. The van der Waals surface area contributed by atoms with Gasteiger partial charge in [0.15, 0.2) is 0 Å². The van der Waals surface area contributed by atoms with E-state index in [2.05, 4.69) is 0 Å². The number of benzene rings is 1. The maximum absolute atomic E-state index is 11.8. The topological polar surface area (TPSA) is 74.6 Å². The van der Waals surface area contributed by atoms with Crippen LogP contribution in [0.1, 0.15) is 69.1 Å². The summed E-state index contributed by atoms with van der Waals surface area (Å²) in [5, 5.41) is 19.3. The van der Waals surface area contributed by atoms with Crippen molar-refractivity contribution in [2.75, 3.05) is 0 Å². The first-order chi connectivity index (χ1) is 10.6. The van der Waals surface area contributed by atoms with E-state index in [1.807, 2.05) is 46.8 Å². The molecule has 4 heteroatoms. The zero-order valence-electron chi connectivity index (χ0n) is 14.7. The van der Waals surface area contributed by atoms with Crippen LogP contribution in [0.3, 0.4) is 0 Å². The molecule has 0 radical (unpaired) electrons. The molecule has 0 aliphatic heterocycles. The largest absolute Gasteiger partial charge is 0.481 e. The van der Waals surface area contributed by atoms with Crippen LogP contribution in [-0.4, -0.2) is 22.2 Å². The van der Waals surface area contributed by atoms with Crippen molar-refractivity contribution in [3.63, 3.8) is 0 Å². The minimum absolute atomic E-state index is 0.219. The first-order valence-electron chi connectivity index (χ1n) is 8.20. The summed E-state index contributed by atoms with van der Waals surface area (Å²) >= 11 is 0. The number of hydrogen-bond acceptors (Lipinski definition) is 2. The Morgan fingerprint density at radius 1 is 0.913 bits per heavy atom. The molecular weight excluding hydrogens is 292 g/mol. The number of carboxylic acid groups (broad SMARTS) is 2. The lowest BCUT2D eigenvalue weighted by atomic mass is 9.79. The third-order valence-electron chi connectivity index (χ3n) is 4.09. The van der Waals surface area contributed by atoms with Crippen LogP contribution in [0.4, 0.5) is 0 Å². The average molecular weight is 320 g/mol. The highest BCUT2D eigenvalue weighted by Crippen LogP contribution is 2.36. The maximum Gasteiger partial charge on any atom is 0.311 e. The van der Waals surface area contributed by atoms with Crippen LogP contribution in [0, 0.1) is 18.8 Å². The van der Waals surface area contributed by atoms with Gasteiger partial charge >= 0.3 is 11.9 Å². The van der Waals surface area contributed by atoms with Crippen LogP contribution in [0.15, 0.2) is 18.2 Å². The van der Waals surface area contributed by atoms with E-state index in [1.165, 1.54) is 0 Å². The Morgan fingerprint density at radius 2 is 1.39 bits per heavy atom. The molecule has 0 amide bonds. The molecule has 128 valence electrons. The molecule has 2 atom stereocenters. The van der Waals surface area contributed by atoms with Crippen molar-refractivity contribution < 1.29 is 19.8 Å². The van der Waals surface area contributed by atoms with E-state index >= 15 is 0 Å². The highest BCUT2D eigenvalue weighted by Gasteiger charge is 2.31. The summed E-state index contributed by atoms with van der Waals surface area (Å²) < 4.78 is 0. The molecule has 1 rings (SSSR count). The summed E-state index contributed by atoms with van der Waals surface area (Å²) in [5.74, 6) is -2.67. The van der Waals surface area contributed by atoms with Crippen LogP contribution >= 0.6 is 0 Å². The Labute approximate surface area is 138 Å². The van der Waals surface area contributed by atoms with Crippen molar-refractivity contribution in [3.8, 4) is 0 Å². The van der Waals surface area contributed by atoms with Gasteiger partial charge < -0.3 is 10.2 Å². The van der Waals surface area contributed by atoms with Crippen LogP contribution in [0.2, 0.25) is 0 Å². The van der Waals surface area contributed by atoms with Crippen LogP contribution in [0.5, 0.6) is 0 Å². The lowest BCUT2D eigenvalue weighted by Gasteiger charge is -2.25. The normalized spacial score (nSPS) is 14.0. The molecule has 1 aromatic rings. The Morgan fingerprint density at radius 3 is 1.83 bits per heavy atom. The predicted octanol–water partition coefficient (Wildman–Crippen LogP) is 4.42. The van der Waals surface area contributed by atoms with Gasteiger partial charge in [0.25, 0.3) is 0 Å². The van der Waals surface area contributed by atoms with Crippen molar-refractivity contribution in [2.24, 2.45) is 11.8 Å². The lowest BCUT2D eigenvalue weighted by molar-refractivity contribution is -0.140. The van der Waals surface area contributed by atoms with Crippen molar-refractivity contribution in [2.45, 2.75) is 59.3 Å². The first kappa shape index (κ1) is 19.2. The van der Waals surface area contributed by atoms with E-state index in [0.717, 1.165) is 5.56 Å². The Bertz CT molecular complexity index is 560.